The molecular weight excluding hydrogens is 326 g/mol. The summed E-state index contributed by atoms with van der Waals surface area (Å²) in [5.74, 6) is 1.40. The van der Waals surface area contributed by atoms with Gasteiger partial charge in [-0.2, -0.15) is 4.31 Å². The summed E-state index contributed by atoms with van der Waals surface area (Å²) in [5.41, 5.74) is 1.66. The highest BCUT2D eigenvalue weighted by Crippen LogP contribution is 2.24. The lowest BCUT2D eigenvalue weighted by molar-refractivity contribution is 0.339. The molecule has 0 heterocycles. The van der Waals surface area contributed by atoms with Gasteiger partial charge < -0.3 is 9.47 Å². The normalized spacial score (nSPS) is 11.5. The number of ether oxygens (including phenoxy) is 2. The molecule has 0 aromatic heterocycles. The van der Waals surface area contributed by atoms with E-state index in [9.17, 15) is 8.42 Å². The van der Waals surface area contributed by atoms with Crippen molar-refractivity contribution < 1.29 is 17.9 Å². The van der Waals surface area contributed by atoms with Crippen LogP contribution in [-0.4, -0.2) is 33.5 Å². The summed E-state index contributed by atoms with van der Waals surface area (Å²) in [6, 6.07) is 12.3. The van der Waals surface area contributed by atoms with Crippen LogP contribution in [-0.2, 0) is 16.6 Å². The Morgan fingerprint density at radius 3 is 2.50 bits per heavy atom. The lowest BCUT2D eigenvalue weighted by atomic mass is 10.2. The average molecular weight is 349 g/mol. The third kappa shape index (κ3) is 4.07. The predicted octanol–water partition coefficient (Wildman–Crippen LogP) is 3.22. The molecule has 0 atom stereocenters. The van der Waals surface area contributed by atoms with E-state index in [2.05, 4.69) is 0 Å². The van der Waals surface area contributed by atoms with E-state index in [0.29, 0.717) is 12.4 Å². The summed E-state index contributed by atoms with van der Waals surface area (Å²) in [4.78, 5) is 0.254. The molecule has 0 unspecified atom stereocenters. The lowest BCUT2D eigenvalue weighted by Gasteiger charge is -2.18. The highest BCUT2D eigenvalue weighted by Gasteiger charge is 2.21. The van der Waals surface area contributed by atoms with Crippen molar-refractivity contribution in [2.75, 3.05) is 20.8 Å². The molecule has 0 spiro atoms. The van der Waals surface area contributed by atoms with E-state index >= 15 is 0 Å². The number of benzene rings is 2. The molecule has 0 fully saturated rings. The number of aryl methyl sites for hydroxylation is 1. The van der Waals surface area contributed by atoms with Crippen molar-refractivity contribution in [2.24, 2.45) is 0 Å². The molecule has 0 bridgehead atoms. The van der Waals surface area contributed by atoms with Gasteiger partial charge in [-0.1, -0.05) is 12.1 Å². The smallest absolute Gasteiger partial charge is 0.243 e. The molecule has 0 N–H and O–H groups in total. The Morgan fingerprint density at radius 1 is 1.12 bits per heavy atom. The Morgan fingerprint density at radius 2 is 1.88 bits per heavy atom. The van der Waals surface area contributed by atoms with E-state index in [1.165, 1.54) is 4.31 Å². The van der Waals surface area contributed by atoms with Crippen molar-refractivity contribution in [2.45, 2.75) is 25.3 Å². The molecule has 0 amide bonds. The minimum Gasteiger partial charge on any atom is -0.496 e. The van der Waals surface area contributed by atoms with Gasteiger partial charge in [-0.3, -0.25) is 0 Å². The van der Waals surface area contributed by atoms with Crippen molar-refractivity contribution in [1.82, 2.24) is 4.31 Å². The summed E-state index contributed by atoms with van der Waals surface area (Å²) in [5, 5.41) is 0. The quantitative estimate of drug-likeness (QED) is 0.770. The van der Waals surface area contributed by atoms with Crippen molar-refractivity contribution >= 4 is 10.0 Å². The Hall–Kier alpha value is -2.05. The van der Waals surface area contributed by atoms with Crippen molar-refractivity contribution in [3.63, 3.8) is 0 Å². The number of sulfonamides is 1. The van der Waals surface area contributed by atoms with Gasteiger partial charge in [0.2, 0.25) is 10.0 Å². The second kappa shape index (κ2) is 7.68. The van der Waals surface area contributed by atoms with Crippen molar-refractivity contribution in [1.29, 1.82) is 0 Å². The van der Waals surface area contributed by atoms with E-state index < -0.39 is 10.0 Å². The van der Waals surface area contributed by atoms with E-state index in [-0.39, 0.29) is 11.4 Å². The second-order valence-corrected chi connectivity index (χ2v) is 7.52. The minimum absolute atomic E-state index is 0.254. The fourth-order valence-electron chi connectivity index (χ4n) is 2.43. The van der Waals surface area contributed by atoms with Gasteiger partial charge in [0.15, 0.2) is 0 Å². The van der Waals surface area contributed by atoms with Gasteiger partial charge in [0.25, 0.3) is 0 Å². The SMILES string of the molecule is CCOc1cccc(CN(C)S(=O)(=O)c2ccc(OC)c(C)c2)c1. The Balaban J connectivity index is 2.23. The number of hydrogen-bond acceptors (Lipinski definition) is 4. The van der Waals surface area contributed by atoms with Crippen molar-refractivity contribution in [3.8, 4) is 11.5 Å². The maximum atomic E-state index is 12.8. The molecule has 0 saturated carbocycles. The van der Waals surface area contributed by atoms with Crippen LogP contribution in [0.4, 0.5) is 0 Å². The molecular formula is C18H23NO4S. The molecule has 130 valence electrons. The van der Waals surface area contributed by atoms with Gasteiger partial charge in [0.1, 0.15) is 11.5 Å². The monoisotopic (exact) mass is 349 g/mol. The van der Waals surface area contributed by atoms with Gasteiger partial charge in [0, 0.05) is 13.6 Å². The Labute approximate surface area is 143 Å². The molecule has 0 aliphatic rings. The van der Waals surface area contributed by atoms with E-state index in [1.807, 2.05) is 38.1 Å². The largest absolute Gasteiger partial charge is 0.496 e. The molecule has 0 aliphatic carbocycles. The number of nitrogens with zero attached hydrogens (tertiary/aromatic N) is 1. The van der Waals surface area contributed by atoms with Crippen LogP contribution in [0.2, 0.25) is 0 Å². The molecule has 0 saturated heterocycles. The molecule has 24 heavy (non-hydrogen) atoms. The standard InChI is InChI=1S/C18H23NO4S/c1-5-23-16-8-6-7-15(12-16)13-19(3)24(20,21)17-9-10-18(22-4)14(2)11-17/h6-12H,5,13H2,1-4H3. The first-order chi connectivity index (χ1) is 11.4. The van der Waals surface area contributed by atoms with Gasteiger partial charge in [-0.25, -0.2) is 8.42 Å². The number of hydrogen-bond donors (Lipinski definition) is 0. The van der Waals surface area contributed by atoms with Crippen LogP contribution in [0.25, 0.3) is 0 Å². The van der Waals surface area contributed by atoms with E-state index in [4.69, 9.17) is 9.47 Å². The van der Waals surface area contributed by atoms with E-state index in [0.717, 1.165) is 16.9 Å². The van der Waals surface area contributed by atoms with E-state index in [1.54, 1.807) is 32.4 Å². The zero-order valence-electron chi connectivity index (χ0n) is 14.4. The first-order valence-corrected chi connectivity index (χ1v) is 9.15. The highest BCUT2D eigenvalue weighted by atomic mass is 32.2. The Kier molecular flexibility index (Phi) is 5.85. The van der Waals surface area contributed by atoms with Crippen molar-refractivity contribution in [3.05, 3.63) is 53.6 Å². The second-order valence-electron chi connectivity index (χ2n) is 5.47. The molecule has 2 rings (SSSR count). The van der Waals surface area contributed by atoms with Gasteiger partial charge in [-0.15, -0.1) is 0 Å². The molecule has 0 aliphatic heterocycles. The first-order valence-electron chi connectivity index (χ1n) is 7.71. The number of rotatable bonds is 7. The summed E-state index contributed by atoms with van der Waals surface area (Å²) in [7, 11) is -0.438. The zero-order valence-corrected chi connectivity index (χ0v) is 15.3. The van der Waals surface area contributed by atoms with Gasteiger partial charge in [-0.05, 0) is 55.3 Å². The Bertz CT molecular complexity index is 802. The minimum atomic E-state index is -3.57. The topological polar surface area (TPSA) is 55.8 Å². The average Bonchev–Trinajstić information content (AvgIpc) is 2.55. The first kappa shape index (κ1) is 18.3. The van der Waals surface area contributed by atoms with Gasteiger partial charge >= 0.3 is 0 Å². The van der Waals surface area contributed by atoms with Crippen LogP contribution in [0, 0.1) is 6.92 Å². The summed E-state index contributed by atoms with van der Waals surface area (Å²) in [6.07, 6.45) is 0. The molecule has 0 radical (unpaired) electrons. The lowest BCUT2D eigenvalue weighted by Crippen LogP contribution is -2.26. The molecule has 2 aromatic carbocycles. The fourth-order valence-corrected chi connectivity index (χ4v) is 3.68. The summed E-state index contributed by atoms with van der Waals surface area (Å²) >= 11 is 0. The fraction of sp³-hybridized carbons (Fsp3) is 0.333. The van der Waals surface area contributed by atoms with Crippen LogP contribution in [0.15, 0.2) is 47.4 Å². The van der Waals surface area contributed by atoms with Gasteiger partial charge in [0.05, 0.1) is 18.6 Å². The summed E-state index contributed by atoms with van der Waals surface area (Å²) in [6.45, 7) is 4.58. The molecule has 6 heteroatoms. The molecule has 2 aromatic rings. The van der Waals surface area contributed by atoms with Crippen LogP contribution in [0.1, 0.15) is 18.1 Å². The van der Waals surface area contributed by atoms with Crippen LogP contribution in [0.3, 0.4) is 0 Å². The maximum absolute atomic E-state index is 12.8. The highest BCUT2D eigenvalue weighted by molar-refractivity contribution is 7.89. The van der Waals surface area contributed by atoms with Crippen LogP contribution in [0.5, 0.6) is 11.5 Å². The summed E-state index contributed by atoms with van der Waals surface area (Å²) < 4.78 is 37.5. The zero-order chi connectivity index (χ0) is 17.7. The predicted molar refractivity (Wildman–Crippen MR) is 94.0 cm³/mol. The maximum Gasteiger partial charge on any atom is 0.243 e. The third-order valence-electron chi connectivity index (χ3n) is 3.69. The van der Waals surface area contributed by atoms with Crippen LogP contribution >= 0.6 is 0 Å². The molecule has 5 nitrogen and oxygen atoms in total. The third-order valence-corrected chi connectivity index (χ3v) is 5.49. The number of methoxy groups -OCH3 is 1. The van der Waals surface area contributed by atoms with Crippen LogP contribution < -0.4 is 9.47 Å².